The number of nitro groups is 1. The van der Waals surface area contributed by atoms with Crippen LogP contribution in [0.5, 0.6) is 5.75 Å². The largest absolute Gasteiger partial charge is 0.496 e. The van der Waals surface area contributed by atoms with E-state index in [1.54, 1.807) is 24.3 Å². The van der Waals surface area contributed by atoms with Gasteiger partial charge in [0.25, 0.3) is 5.69 Å². The average molecular weight is 342 g/mol. The van der Waals surface area contributed by atoms with E-state index >= 15 is 0 Å². The zero-order valence-electron chi connectivity index (χ0n) is 9.81. The minimum Gasteiger partial charge on any atom is -0.496 e. The van der Waals surface area contributed by atoms with Crippen LogP contribution in [0.15, 0.2) is 34.8 Å². The predicted octanol–water partition coefficient (Wildman–Crippen LogP) is 4.49. The van der Waals surface area contributed by atoms with E-state index in [4.69, 9.17) is 16.3 Å². The third-order valence-corrected chi connectivity index (χ3v) is 3.46. The van der Waals surface area contributed by atoms with Gasteiger partial charge in [-0.2, -0.15) is 0 Å². The van der Waals surface area contributed by atoms with Crippen molar-refractivity contribution in [3.8, 4) is 16.9 Å². The lowest BCUT2D eigenvalue weighted by Gasteiger charge is -2.08. The quantitative estimate of drug-likeness (QED) is 0.610. The highest BCUT2D eigenvalue weighted by Gasteiger charge is 2.18. The molecule has 0 unspecified atom stereocenters. The molecule has 0 saturated heterocycles. The maximum absolute atomic E-state index is 11.1. The average Bonchev–Trinajstić information content (AvgIpc) is 2.40. The minimum absolute atomic E-state index is 0.0521. The molecule has 4 nitrogen and oxygen atoms in total. The molecule has 6 heteroatoms. The molecule has 2 rings (SSSR count). The summed E-state index contributed by atoms with van der Waals surface area (Å²) in [5, 5.41) is 11.6. The summed E-state index contributed by atoms with van der Waals surface area (Å²) < 4.78 is 5.77. The van der Waals surface area contributed by atoms with E-state index in [1.165, 1.54) is 13.2 Å². The summed E-state index contributed by atoms with van der Waals surface area (Å²) in [6.45, 7) is 0. The fourth-order valence-corrected chi connectivity index (χ4v) is 2.28. The number of hydrogen-bond donors (Lipinski definition) is 0. The summed E-state index contributed by atoms with van der Waals surface area (Å²) in [4.78, 5) is 10.6. The second-order valence-corrected chi connectivity index (χ2v) is 4.97. The zero-order chi connectivity index (χ0) is 14.0. The van der Waals surface area contributed by atoms with Gasteiger partial charge in [0.1, 0.15) is 5.75 Å². The number of nitro benzene ring substituents is 1. The Morgan fingerprint density at radius 3 is 2.74 bits per heavy atom. The zero-order valence-corrected chi connectivity index (χ0v) is 12.2. The first-order valence-corrected chi connectivity index (χ1v) is 6.39. The highest BCUT2D eigenvalue weighted by atomic mass is 79.9. The van der Waals surface area contributed by atoms with Crippen molar-refractivity contribution in [3.05, 3.63) is 56.0 Å². The number of benzene rings is 2. The molecule has 0 fully saturated rings. The molecule has 0 aromatic heterocycles. The van der Waals surface area contributed by atoms with Crippen LogP contribution in [-0.4, -0.2) is 12.0 Å². The van der Waals surface area contributed by atoms with Gasteiger partial charge in [0.15, 0.2) is 0 Å². The van der Waals surface area contributed by atoms with E-state index in [-0.39, 0.29) is 5.69 Å². The maximum Gasteiger partial charge on any atom is 0.278 e. The molecule has 0 heterocycles. The SMILES string of the molecule is COc1[c]cc([N+](=O)[O-])c(-c2cc(Cl)ccc2Br)c1. The number of hydrogen-bond acceptors (Lipinski definition) is 3. The molecule has 0 aliphatic heterocycles. The fourth-order valence-electron chi connectivity index (χ4n) is 1.65. The lowest BCUT2D eigenvalue weighted by molar-refractivity contribution is -0.384. The second-order valence-electron chi connectivity index (χ2n) is 3.68. The molecule has 0 bridgehead atoms. The number of rotatable bonds is 3. The normalized spacial score (nSPS) is 10.3. The Labute approximate surface area is 123 Å². The monoisotopic (exact) mass is 340 g/mol. The first kappa shape index (κ1) is 13.8. The molecular formula is C13H8BrClNO3. The summed E-state index contributed by atoms with van der Waals surface area (Å²) in [6.07, 6.45) is 0. The van der Waals surface area contributed by atoms with Crippen LogP contribution in [0.25, 0.3) is 11.1 Å². The first-order chi connectivity index (χ1) is 9.02. The van der Waals surface area contributed by atoms with E-state index in [1.807, 2.05) is 0 Å². The van der Waals surface area contributed by atoms with E-state index in [2.05, 4.69) is 22.0 Å². The smallest absolute Gasteiger partial charge is 0.278 e. The lowest BCUT2D eigenvalue weighted by Crippen LogP contribution is -1.94. The number of nitrogens with zero attached hydrogens (tertiary/aromatic N) is 1. The van der Waals surface area contributed by atoms with Crippen molar-refractivity contribution in [2.24, 2.45) is 0 Å². The third-order valence-electron chi connectivity index (χ3n) is 2.54. The van der Waals surface area contributed by atoms with Crippen LogP contribution in [0.3, 0.4) is 0 Å². The van der Waals surface area contributed by atoms with Gasteiger partial charge < -0.3 is 4.74 Å². The van der Waals surface area contributed by atoms with Crippen molar-refractivity contribution in [3.63, 3.8) is 0 Å². The van der Waals surface area contributed by atoms with Crippen LogP contribution in [0.1, 0.15) is 0 Å². The standard InChI is InChI=1S/C13H8BrClNO3/c1-19-9-3-5-13(16(17)18)11(7-9)10-6-8(15)2-4-12(10)14/h2,4-7H,1H3. The predicted molar refractivity (Wildman–Crippen MR) is 76.6 cm³/mol. The molecule has 2 aromatic rings. The molecule has 2 aromatic carbocycles. The van der Waals surface area contributed by atoms with E-state index in [0.717, 1.165) is 0 Å². The van der Waals surface area contributed by atoms with Gasteiger partial charge in [-0.05, 0) is 24.3 Å². The van der Waals surface area contributed by atoms with Crippen molar-refractivity contribution in [1.29, 1.82) is 0 Å². The van der Waals surface area contributed by atoms with Crippen LogP contribution in [0, 0.1) is 16.2 Å². The summed E-state index contributed by atoms with van der Waals surface area (Å²) in [7, 11) is 1.48. The fraction of sp³-hybridized carbons (Fsp3) is 0.0769. The van der Waals surface area contributed by atoms with Crippen molar-refractivity contribution >= 4 is 33.2 Å². The Hall–Kier alpha value is -1.59. The minimum atomic E-state index is -0.460. The Balaban J connectivity index is 2.71. The van der Waals surface area contributed by atoms with Gasteiger partial charge >= 0.3 is 0 Å². The molecule has 0 N–H and O–H groups in total. The molecule has 0 saturated carbocycles. The van der Waals surface area contributed by atoms with Crippen LogP contribution >= 0.6 is 27.5 Å². The number of ether oxygens (including phenoxy) is 1. The van der Waals surface area contributed by atoms with Crippen LogP contribution < -0.4 is 4.74 Å². The van der Waals surface area contributed by atoms with E-state index in [9.17, 15) is 10.1 Å². The van der Waals surface area contributed by atoms with Gasteiger partial charge in [0.05, 0.1) is 17.6 Å². The Morgan fingerprint density at radius 2 is 2.11 bits per heavy atom. The summed E-state index contributed by atoms with van der Waals surface area (Å²) >= 11 is 9.31. The second kappa shape index (κ2) is 5.59. The summed E-state index contributed by atoms with van der Waals surface area (Å²) in [5.41, 5.74) is 1.00. The van der Waals surface area contributed by atoms with Crippen LogP contribution in [0.4, 0.5) is 5.69 Å². The van der Waals surface area contributed by atoms with Crippen molar-refractivity contribution < 1.29 is 9.66 Å². The highest BCUT2D eigenvalue weighted by Crippen LogP contribution is 2.38. The Bertz CT molecular complexity index is 646. The molecule has 0 amide bonds. The van der Waals surface area contributed by atoms with Gasteiger partial charge in [-0.15, -0.1) is 0 Å². The maximum atomic E-state index is 11.1. The molecule has 0 aliphatic rings. The molecule has 0 spiro atoms. The summed E-state index contributed by atoms with van der Waals surface area (Å²) in [5.74, 6) is 0.424. The van der Waals surface area contributed by atoms with Gasteiger partial charge in [-0.3, -0.25) is 10.1 Å². The van der Waals surface area contributed by atoms with E-state index < -0.39 is 4.92 Å². The molecule has 0 atom stereocenters. The van der Waals surface area contributed by atoms with Gasteiger partial charge in [-0.25, -0.2) is 0 Å². The van der Waals surface area contributed by atoms with Gasteiger partial charge in [0, 0.05) is 27.2 Å². The molecule has 97 valence electrons. The first-order valence-electron chi connectivity index (χ1n) is 5.22. The highest BCUT2D eigenvalue weighted by molar-refractivity contribution is 9.10. The Morgan fingerprint density at radius 1 is 1.37 bits per heavy atom. The van der Waals surface area contributed by atoms with Crippen molar-refractivity contribution in [1.82, 2.24) is 0 Å². The van der Waals surface area contributed by atoms with E-state index in [0.29, 0.717) is 26.4 Å². The number of methoxy groups -OCH3 is 1. The molecule has 1 radical (unpaired) electrons. The van der Waals surface area contributed by atoms with Crippen LogP contribution in [-0.2, 0) is 0 Å². The summed E-state index contributed by atoms with van der Waals surface area (Å²) in [6, 6.07) is 10.7. The van der Waals surface area contributed by atoms with Crippen molar-refractivity contribution in [2.75, 3.05) is 7.11 Å². The Kier molecular flexibility index (Phi) is 4.07. The van der Waals surface area contributed by atoms with Gasteiger partial charge in [-0.1, -0.05) is 27.5 Å². The molecular weight excluding hydrogens is 334 g/mol. The van der Waals surface area contributed by atoms with Crippen LogP contribution in [0.2, 0.25) is 5.02 Å². The lowest BCUT2D eigenvalue weighted by atomic mass is 10.0. The van der Waals surface area contributed by atoms with Gasteiger partial charge in [0.2, 0.25) is 0 Å². The number of halogens is 2. The van der Waals surface area contributed by atoms with Crippen molar-refractivity contribution in [2.45, 2.75) is 0 Å². The molecule has 0 aliphatic carbocycles. The molecule has 19 heavy (non-hydrogen) atoms. The third kappa shape index (κ3) is 2.88. The topological polar surface area (TPSA) is 52.4 Å².